The van der Waals surface area contributed by atoms with Crippen molar-refractivity contribution in [3.63, 3.8) is 0 Å². The standard InChI is InChI=1S/C14H18N4OS/c1-8-13(20-9(2)16-8)14(19)17-11-5-4-6-12-10(11)7-15-18(12)3/h7,11H,4-6H2,1-3H3,(H,17,19). The van der Waals surface area contributed by atoms with Crippen molar-refractivity contribution in [1.82, 2.24) is 20.1 Å². The first-order chi connectivity index (χ1) is 9.56. The highest BCUT2D eigenvalue weighted by atomic mass is 32.1. The van der Waals surface area contributed by atoms with Crippen LogP contribution in [0.2, 0.25) is 0 Å². The van der Waals surface area contributed by atoms with Crippen molar-refractivity contribution in [2.45, 2.75) is 39.2 Å². The Bertz CT molecular complexity index is 658. The van der Waals surface area contributed by atoms with E-state index in [9.17, 15) is 4.79 Å². The van der Waals surface area contributed by atoms with E-state index in [2.05, 4.69) is 15.4 Å². The molecule has 0 spiro atoms. The number of nitrogens with one attached hydrogen (secondary N) is 1. The minimum Gasteiger partial charge on any atom is -0.344 e. The Hall–Kier alpha value is -1.69. The van der Waals surface area contributed by atoms with Gasteiger partial charge in [0.05, 0.1) is 22.9 Å². The van der Waals surface area contributed by atoms with Crippen molar-refractivity contribution in [3.05, 3.63) is 33.0 Å². The van der Waals surface area contributed by atoms with E-state index in [-0.39, 0.29) is 11.9 Å². The van der Waals surface area contributed by atoms with Crippen LogP contribution in [0.4, 0.5) is 0 Å². The third-order valence-electron chi connectivity index (χ3n) is 3.79. The molecule has 2 aromatic heterocycles. The summed E-state index contributed by atoms with van der Waals surface area (Å²) in [6.07, 6.45) is 4.97. The van der Waals surface area contributed by atoms with Crippen LogP contribution < -0.4 is 5.32 Å². The molecule has 1 aliphatic carbocycles. The molecule has 0 radical (unpaired) electrons. The molecule has 5 nitrogen and oxygen atoms in total. The van der Waals surface area contributed by atoms with Crippen LogP contribution in [0.1, 0.15) is 50.5 Å². The van der Waals surface area contributed by atoms with Gasteiger partial charge in [-0.25, -0.2) is 4.98 Å². The fourth-order valence-corrected chi connectivity index (χ4v) is 3.64. The van der Waals surface area contributed by atoms with Gasteiger partial charge in [-0.1, -0.05) is 0 Å². The van der Waals surface area contributed by atoms with E-state index in [1.807, 2.05) is 31.8 Å². The van der Waals surface area contributed by atoms with E-state index in [4.69, 9.17) is 0 Å². The van der Waals surface area contributed by atoms with E-state index in [0.29, 0.717) is 0 Å². The predicted molar refractivity (Wildman–Crippen MR) is 77.9 cm³/mol. The number of carbonyl (C=O) groups is 1. The van der Waals surface area contributed by atoms with Crippen LogP contribution in [0.5, 0.6) is 0 Å². The lowest BCUT2D eigenvalue weighted by atomic mass is 9.93. The molecule has 0 aliphatic heterocycles. The quantitative estimate of drug-likeness (QED) is 0.923. The molecule has 106 valence electrons. The number of carbonyl (C=O) groups excluding carboxylic acids is 1. The Labute approximate surface area is 122 Å². The number of aryl methyl sites for hydroxylation is 3. The van der Waals surface area contributed by atoms with Crippen LogP contribution >= 0.6 is 11.3 Å². The molecule has 20 heavy (non-hydrogen) atoms. The summed E-state index contributed by atoms with van der Waals surface area (Å²) in [5, 5.41) is 8.37. The van der Waals surface area contributed by atoms with Gasteiger partial charge >= 0.3 is 0 Å². The second kappa shape index (κ2) is 5.01. The highest BCUT2D eigenvalue weighted by Crippen LogP contribution is 2.30. The topological polar surface area (TPSA) is 59.8 Å². The monoisotopic (exact) mass is 290 g/mol. The number of fused-ring (bicyclic) bond motifs is 1. The fourth-order valence-electron chi connectivity index (χ4n) is 2.82. The molecule has 1 unspecified atom stereocenters. The first-order valence-electron chi connectivity index (χ1n) is 6.82. The number of hydrogen-bond donors (Lipinski definition) is 1. The van der Waals surface area contributed by atoms with Gasteiger partial charge in [0.25, 0.3) is 5.91 Å². The van der Waals surface area contributed by atoms with Gasteiger partial charge in [0, 0.05) is 18.3 Å². The van der Waals surface area contributed by atoms with Crippen LogP contribution in [0.15, 0.2) is 6.20 Å². The van der Waals surface area contributed by atoms with Crippen molar-refractivity contribution < 1.29 is 4.79 Å². The number of thiazole rings is 1. The SMILES string of the molecule is Cc1nc(C)c(C(=O)NC2CCCc3c2cnn3C)s1. The van der Waals surface area contributed by atoms with Gasteiger partial charge in [0.1, 0.15) is 4.88 Å². The lowest BCUT2D eigenvalue weighted by Gasteiger charge is -2.23. The maximum atomic E-state index is 12.4. The normalized spacial score (nSPS) is 17.9. The zero-order chi connectivity index (χ0) is 14.3. The Balaban J connectivity index is 1.82. The molecule has 0 aromatic carbocycles. The molecular weight excluding hydrogens is 272 g/mol. The Kier molecular flexibility index (Phi) is 3.33. The lowest BCUT2D eigenvalue weighted by molar-refractivity contribution is 0.0936. The molecule has 6 heteroatoms. The van der Waals surface area contributed by atoms with Gasteiger partial charge in [0.2, 0.25) is 0 Å². The number of rotatable bonds is 2. The summed E-state index contributed by atoms with van der Waals surface area (Å²) in [4.78, 5) is 17.4. The van der Waals surface area contributed by atoms with Crippen LogP contribution in [0, 0.1) is 13.8 Å². The minimum absolute atomic E-state index is 0.0187. The molecule has 1 aliphatic rings. The summed E-state index contributed by atoms with van der Waals surface area (Å²) in [5.74, 6) is -0.0187. The Morgan fingerprint density at radius 3 is 3.00 bits per heavy atom. The largest absolute Gasteiger partial charge is 0.344 e. The predicted octanol–water partition coefficient (Wildman–Crippen LogP) is 2.30. The molecule has 2 heterocycles. The fraction of sp³-hybridized carbons (Fsp3) is 0.500. The second-order valence-electron chi connectivity index (χ2n) is 5.24. The third kappa shape index (κ3) is 2.24. The van der Waals surface area contributed by atoms with E-state index in [0.717, 1.165) is 40.4 Å². The zero-order valence-corrected chi connectivity index (χ0v) is 12.8. The third-order valence-corrected chi connectivity index (χ3v) is 4.86. The first-order valence-corrected chi connectivity index (χ1v) is 7.63. The Morgan fingerprint density at radius 2 is 2.30 bits per heavy atom. The molecule has 0 saturated carbocycles. The molecule has 0 saturated heterocycles. The highest BCUT2D eigenvalue weighted by Gasteiger charge is 2.26. The summed E-state index contributed by atoms with van der Waals surface area (Å²) < 4.78 is 1.91. The van der Waals surface area contributed by atoms with Crippen molar-refractivity contribution in [2.24, 2.45) is 7.05 Å². The summed E-state index contributed by atoms with van der Waals surface area (Å²) in [7, 11) is 1.96. The summed E-state index contributed by atoms with van der Waals surface area (Å²) in [5.41, 5.74) is 3.21. The Morgan fingerprint density at radius 1 is 1.50 bits per heavy atom. The highest BCUT2D eigenvalue weighted by molar-refractivity contribution is 7.13. The first kappa shape index (κ1) is 13.3. The molecular formula is C14H18N4OS. The summed E-state index contributed by atoms with van der Waals surface area (Å²) in [6, 6.07) is 0.0711. The zero-order valence-electron chi connectivity index (χ0n) is 11.9. The van der Waals surface area contributed by atoms with E-state index in [1.165, 1.54) is 17.0 Å². The van der Waals surface area contributed by atoms with Crippen molar-refractivity contribution in [3.8, 4) is 0 Å². The number of aromatic nitrogens is 3. The van der Waals surface area contributed by atoms with Gasteiger partial charge in [-0.15, -0.1) is 11.3 Å². The van der Waals surface area contributed by atoms with Gasteiger partial charge in [-0.05, 0) is 33.1 Å². The van der Waals surface area contributed by atoms with Crippen molar-refractivity contribution in [2.75, 3.05) is 0 Å². The van der Waals surface area contributed by atoms with Gasteiger partial charge < -0.3 is 5.32 Å². The average molecular weight is 290 g/mol. The molecule has 1 atom stereocenters. The van der Waals surface area contributed by atoms with Gasteiger partial charge in [-0.2, -0.15) is 5.10 Å². The van der Waals surface area contributed by atoms with Crippen molar-refractivity contribution >= 4 is 17.2 Å². The van der Waals surface area contributed by atoms with Gasteiger partial charge in [0.15, 0.2) is 0 Å². The second-order valence-corrected chi connectivity index (χ2v) is 6.44. The average Bonchev–Trinajstić information content (AvgIpc) is 2.94. The van der Waals surface area contributed by atoms with Gasteiger partial charge in [-0.3, -0.25) is 9.48 Å². The van der Waals surface area contributed by atoms with Crippen LogP contribution in [0.25, 0.3) is 0 Å². The number of amides is 1. The molecule has 3 rings (SSSR count). The van der Waals surface area contributed by atoms with E-state index < -0.39 is 0 Å². The van der Waals surface area contributed by atoms with E-state index >= 15 is 0 Å². The molecule has 0 fully saturated rings. The smallest absolute Gasteiger partial charge is 0.263 e. The molecule has 2 aromatic rings. The van der Waals surface area contributed by atoms with Crippen molar-refractivity contribution in [1.29, 1.82) is 0 Å². The van der Waals surface area contributed by atoms with Crippen LogP contribution in [0.3, 0.4) is 0 Å². The van der Waals surface area contributed by atoms with Crippen LogP contribution in [-0.4, -0.2) is 20.7 Å². The van der Waals surface area contributed by atoms with Crippen LogP contribution in [-0.2, 0) is 13.5 Å². The summed E-state index contributed by atoms with van der Waals surface area (Å²) in [6.45, 7) is 3.81. The molecule has 1 N–H and O–H groups in total. The molecule has 0 bridgehead atoms. The maximum Gasteiger partial charge on any atom is 0.263 e. The molecule has 1 amide bonds. The summed E-state index contributed by atoms with van der Waals surface area (Å²) >= 11 is 1.45. The minimum atomic E-state index is -0.0187. The van der Waals surface area contributed by atoms with E-state index in [1.54, 1.807) is 0 Å². The number of hydrogen-bond acceptors (Lipinski definition) is 4. The maximum absolute atomic E-state index is 12.4. The number of nitrogens with zero attached hydrogens (tertiary/aromatic N) is 3. The lowest BCUT2D eigenvalue weighted by Crippen LogP contribution is -2.30.